The Kier molecular flexibility index (Phi) is 5.07. The molecule has 3 nitrogen and oxygen atoms in total. The van der Waals surface area contributed by atoms with E-state index in [-0.39, 0.29) is 0 Å². The second kappa shape index (κ2) is 7.24. The number of benzene rings is 2. The molecule has 3 heteroatoms. The van der Waals surface area contributed by atoms with E-state index in [2.05, 4.69) is 0 Å². The summed E-state index contributed by atoms with van der Waals surface area (Å²) in [6.45, 7) is 0.517. The Morgan fingerprint density at radius 2 is 1.55 bits per heavy atom. The van der Waals surface area contributed by atoms with Crippen LogP contribution in [0, 0.1) is 0 Å². The van der Waals surface area contributed by atoms with Crippen molar-refractivity contribution in [3.05, 3.63) is 60.2 Å². The lowest BCUT2D eigenvalue weighted by Gasteiger charge is -2.04. The lowest BCUT2D eigenvalue weighted by molar-refractivity contribution is 0.361. The van der Waals surface area contributed by atoms with Crippen molar-refractivity contribution < 1.29 is 14.2 Å². The van der Waals surface area contributed by atoms with Crippen molar-refractivity contribution in [1.82, 2.24) is 0 Å². The molecule has 0 aliphatic carbocycles. The summed E-state index contributed by atoms with van der Waals surface area (Å²) in [6.07, 6.45) is 3.98. The van der Waals surface area contributed by atoms with Crippen molar-refractivity contribution >= 4 is 6.08 Å². The van der Waals surface area contributed by atoms with Gasteiger partial charge in [-0.15, -0.1) is 0 Å². The van der Waals surface area contributed by atoms with E-state index in [1.807, 2.05) is 60.7 Å². The summed E-state index contributed by atoms with van der Waals surface area (Å²) in [5, 5.41) is 0. The standard InChI is InChI=1S/C17H18O3/c1-18-15-8-10-16(11-9-15)20-12-4-6-14-5-3-7-17(13-14)19-2/h3-11,13H,12H2,1-2H3/b6-4+. The minimum Gasteiger partial charge on any atom is -0.497 e. The molecule has 0 saturated carbocycles. The van der Waals surface area contributed by atoms with Crippen molar-refractivity contribution in [2.45, 2.75) is 0 Å². The first kappa shape index (κ1) is 14.0. The van der Waals surface area contributed by atoms with Gasteiger partial charge in [0.1, 0.15) is 23.9 Å². The fourth-order valence-corrected chi connectivity index (χ4v) is 1.75. The van der Waals surface area contributed by atoms with Crippen molar-refractivity contribution in [2.24, 2.45) is 0 Å². The van der Waals surface area contributed by atoms with Crippen molar-refractivity contribution in [3.8, 4) is 17.2 Å². The van der Waals surface area contributed by atoms with E-state index in [0.29, 0.717) is 6.61 Å². The molecule has 0 aromatic heterocycles. The largest absolute Gasteiger partial charge is 0.497 e. The molecule has 0 atom stereocenters. The topological polar surface area (TPSA) is 27.7 Å². The van der Waals surface area contributed by atoms with Gasteiger partial charge in [-0.25, -0.2) is 0 Å². The molecule has 0 N–H and O–H groups in total. The zero-order valence-corrected chi connectivity index (χ0v) is 11.7. The van der Waals surface area contributed by atoms with Crippen molar-refractivity contribution in [2.75, 3.05) is 20.8 Å². The summed E-state index contributed by atoms with van der Waals surface area (Å²) >= 11 is 0. The second-order valence-corrected chi connectivity index (χ2v) is 4.17. The second-order valence-electron chi connectivity index (χ2n) is 4.17. The first-order chi connectivity index (χ1) is 9.81. The molecule has 0 radical (unpaired) electrons. The van der Waals surface area contributed by atoms with Crippen LogP contribution >= 0.6 is 0 Å². The van der Waals surface area contributed by atoms with Crippen LogP contribution in [0.25, 0.3) is 6.08 Å². The number of hydrogen-bond donors (Lipinski definition) is 0. The molecule has 0 amide bonds. The third-order valence-electron chi connectivity index (χ3n) is 2.81. The van der Waals surface area contributed by atoms with Crippen LogP contribution < -0.4 is 14.2 Å². The summed E-state index contributed by atoms with van der Waals surface area (Å²) in [7, 11) is 3.31. The minimum atomic E-state index is 0.517. The molecular weight excluding hydrogens is 252 g/mol. The van der Waals surface area contributed by atoms with E-state index < -0.39 is 0 Å². The molecule has 2 aromatic carbocycles. The predicted octanol–water partition coefficient (Wildman–Crippen LogP) is 3.80. The van der Waals surface area contributed by atoms with Gasteiger partial charge in [-0.05, 0) is 48.0 Å². The molecule has 0 aliphatic rings. The van der Waals surface area contributed by atoms with E-state index in [0.717, 1.165) is 22.8 Å². The molecule has 2 rings (SSSR count). The van der Waals surface area contributed by atoms with E-state index in [1.54, 1.807) is 14.2 Å². The van der Waals surface area contributed by atoms with Crippen LogP contribution in [0.1, 0.15) is 5.56 Å². The molecule has 0 fully saturated rings. The molecule has 0 aliphatic heterocycles. The summed E-state index contributed by atoms with van der Waals surface area (Å²) < 4.78 is 15.9. The maximum Gasteiger partial charge on any atom is 0.120 e. The molecule has 0 saturated heterocycles. The Morgan fingerprint density at radius 1 is 0.850 bits per heavy atom. The fourth-order valence-electron chi connectivity index (χ4n) is 1.75. The summed E-state index contributed by atoms with van der Waals surface area (Å²) in [4.78, 5) is 0. The third-order valence-corrected chi connectivity index (χ3v) is 2.81. The van der Waals surface area contributed by atoms with E-state index in [1.165, 1.54) is 0 Å². The molecule has 2 aromatic rings. The van der Waals surface area contributed by atoms with Crippen molar-refractivity contribution in [3.63, 3.8) is 0 Å². The normalized spacial score (nSPS) is 10.5. The molecule has 0 bridgehead atoms. The summed E-state index contributed by atoms with van der Waals surface area (Å²) in [6, 6.07) is 15.4. The van der Waals surface area contributed by atoms with Crippen LogP contribution in [-0.4, -0.2) is 20.8 Å². The highest BCUT2D eigenvalue weighted by atomic mass is 16.5. The third kappa shape index (κ3) is 4.05. The highest BCUT2D eigenvalue weighted by molar-refractivity contribution is 5.51. The van der Waals surface area contributed by atoms with Crippen LogP contribution in [0.5, 0.6) is 17.2 Å². The SMILES string of the molecule is COc1ccc(OC/C=C/c2cccc(OC)c2)cc1. The Balaban J connectivity index is 1.86. The minimum absolute atomic E-state index is 0.517. The smallest absolute Gasteiger partial charge is 0.120 e. The molecule has 104 valence electrons. The van der Waals surface area contributed by atoms with Crippen LogP contribution in [-0.2, 0) is 0 Å². The Labute approximate surface area is 119 Å². The predicted molar refractivity (Wildman–Crippen MR) is 80.5 cm³/mol. The monoisotopic (exact) mass is 270 g/mol. The van der Waals surface area contributed by atoms with E-state index >= 15 is 0 Å². The van der Waals surface area contributed by atoms with Crippen LogP contribution in [0.3, 0.4) is 0 Å². The Bertz CT molecular complexity index is 559. The highest BCUT2D eigenvalue weighted by Crippen LogP contribution is 2.17. The van der Waals surface area contributed by atoms with Gasteiger partial charge < -0.3 is 14.2 Å². The molecular formula is C17H18O3. The molecule has 0 spiro atoms. The van der Waals surface area contributed by atoms with Gasteiger partial charge in [0.15, 0.2) is 0 Å². The number of hydrogen-bond acceptors (Lipinski definition) is 3. The maximum absolute atomic E-state index is 5.61. The first-order valence-corrected chi connectivity index (χ1v) is 6.39. The maximum atomic E-state index is 5.61. The van der Waals surface area contributed by atoms with Crippen LogP contribution in [0.4, 0.5) is 0 Å². The highest BCUT2D eigenvalue weighted by Gasteiger charge is 1.94. The average molecular weight is 270 g/mol. The molecule has 0 heterocycles. The fraction of sp³-hybridized carbons (Fsp3) is 0.176. The number of methoxy groups -OCH3 is 2. The van der Waals surface area contributed by atoms with Gasteiger partial charge in [0.25, 0.3) is 0 Å². The number of rotatable bonds is 6. The zero-order valence-electron chi connectivity index (χ0n) is 11.7. The number of ether oxygens (including phenoxy) is 3. The lowest BCUT2D eigenvalue weighted by atomic mass is 10.2. The first-order valence-electron chi connectivity index (χ1n) is 6.39. The van der Waals surface area contributed by atoms with E-state index in [4.69, 9.17) is 14.2 Å². The van der Waals surface area contributed by atoms with Gasteiger partial charge in [0.2, 0.25) is 0 Å². The summed E-state index contributed by atoms with van der Waals surface area (Å²) in [5.41, 5.74) is 1.09. The molecule has 20 heavy (non-hydrogen) atoms. The molecule has 0 unspecified atom stereocenters. The lowest BCUT2D eigenvalue weighted by Crippen LogP contribution is -1.93. The summed E-state index contributed by atoms with van der Waals surface area (Å²) in [5.74, 6) is 2.49. The van der Waals surface area contributed by atoms with Crippen LogP contribution in [0.15, 0.2) is 54.6 Å². The van der Waals surface area contributed by atoms with Gasteiger partial charge in [-0.1, -0.05) is 18.2 Å². The van der Waals surface area contributed by atoms with Crippen LogP contribution in [0.2, 0.25) is 0 Å². The zero-order chi connectivity index (χ0) is 14.2. The van der Waals surface area contributed by atoms with Crippen molar-refractivity contribution in [1.29, 1.82) is 0 Å². The average Bonchev–Trinajstić information content (AvgIpc) is 2.52. The van der Waals surface area contributed by atoms with Gasteiger partial charge in [0.05, 0.1) is 14.2 Å². The van der Waals surface area contributed by atoms with E-state index in [9.17, 15) is 0 Å². The Hall–Kier alpha value is -2.42. The van der Waals surface area contributed by atoms with Gasteiger partial charge in [-0.3, -0.25) is 0 Å². The quantitative estimate of drug-likeness (QED) is 0.799. The van der Waals surface area contributed by atoms with Gasteiger partial charge >= 0.3 is 0 Å². The van der Waals surface area contributed by atoms with Gasteiger partial charge in [0, 0.05) is 0 Å². The Morgan fingerprint density at radius 3 is 2.25 bits per heavy atom. The van der Waals surface area contributed by atoms with Gasteiger partial charge in [-0.2, -0.15) is 0 Å².